The van der Waals surface area contributed by atoms with Crippen LogP contribution in [0.2, 0.25) is 0 Å². The van der Waals surface area contributed by atoms with Crippen molar-refractivity contribution in [2.75, 3.05) is 51.3 Å². The van der Waals surface area contributed by atoms with Crippen LogP contribution in [-0.4, -0.2) is 68.0 Å². The highest BCUT2D eigenvalue weighted by Crippen LogP contribution is 2.25. The molecular formula is C18H24FN3O3. The lowest BCUT2D eigenvalue weighted by Gasteiger charge is -2.37. The summed E-state index contributed by atoms with van der Waals surface area (Å²) < 4.78 is 18.5. The number of carbonyl (C=O) groups is 2. The molecule has 2 amide bonds. The zero-order chi connectivity index (χ0) is 18.4. The Hall–Kier alpha value is -2.57. The number of ether oxygens (including phenoxy) is 1. The van der Waals surface area contributed by atoms with Crippen LogP contribution in [0.5, 0.6) is 5.75 Å². The van der Waals surface area contributed by atoms with E-state index in [1.54, 1.807) is 17.0 Å². The molecule has 6 nitrogen and oxygen atoms in total. The van der Waals surface area contributed by atoms with Crippen LogP contribution in [0.25, 0.3) is 0 Å². The molecule has 136 valence electrons. The fourth-order valence-electron chi connectivity index (χ4n) is 2.80. The van der Waals surface area contributed by atoms with Gasteiger partial charge >= 0.3 is 0 Å². The zero-order valence-electron chi connectivity index (χ0n) is 14.7. The number of benzene rings is 1. The number of likely N-dealkylation sites (N-methyl/N-ethyl adjacent to an activating group) is 1. The highest BCUT2D eigenvalue weighted by atomic mass is 19.1. The van der Waals surface area contributed by atoms with Crippen molar-refractivity contribution in [3.8, 4) is 5.75 Å². The van der Waals surface area contributed by atoms with E-state index in [2.05, 4.69) is 11.5 Å². The highest BCUT2D eigenvalue weighted by molar-refractivity contribution is 5.90. The van der Waals surface area contributed by atoms with Gasteiger partial charge in [0.2, 0.25) is 11.8 Å². The normalized spacial score (nSPS) is 14.2. The first-order valence-corrected chi connectivity index (χ1v) is 8.27. The second kappa shape index (κ2) is 8.50. The Morgan fingerprint density at radius 2 is 2.00 bits per heavy atom. The molecule has 0 aromatic heterocycles. The summed E-state index contributed by atoms with van der Waals surface area (Å²) in [5.74, 6) is -0.509. The number of hydrogen-bond acceptors (Lipinski definition) is 4. The molecule has 1 aliphatic rings. The van der Waals surface area contributed by atoms with Crippen LogP contribution in [0.4, 0.5) is 10.1 Å². The standard InChI is InChI=1S/C18H24FN3O3/c1-4-17(23)20(5-2)13-18(24)22-10-8-21(9-11-22)14-6-7-15(19)16(12-14)25-3/h4,6-7,12H,1,5,8-11,13H2,2-3H3. The minimum atomic E-state index is -0.397. The van der Waals surface area contributed by atoms with Gasteiger partial charge in [-0.2, -0.15) is 0 Å². The van der Waals surface area contributed by atoms with E-state index in [1.165, 1.54) is 24.2 Å². The average Bonchev–Trinajstić information content (AvgIpc) is 2.65. The Balaban J connectivity index is 1.93. The van der Waals surface area contributed by atoms with Gasteiger partial charge in [0.25, 0.3) is 0 Å². The Morgan fingerprint density at radius 1 is 1.32 bits per heavy atom. The maximum atomic E-state index is 13.5. The Bertz CT molecular complexity index is 642. The van der Waals surface area contributed by atoms with E-state index >= 15 is 0 Å². The lowest BCUT2D eigenvalue weighted by atomic mass is 10.2. The molecule has 0 radical (unpaired) electrons. The number of rotatable bonds is 6. The lowest BCUT2D eigenvalue weighted by Crippen LogP contribution is -2.51. The van der Waals surface area contributed by atoms with Gasteiger partial charge in [0.05, 0.1) is 13.7 Å². The Morgan fingerprint density at radius 3 is 2.56 bits per heavy atom. The fraction of sp³-hybridized carbons (Fsp3) is 0.444. The van der Waals surface area contributed by atoms with Crippen LogP contribution < -0.4 is 9.64 Å². The molecule has 1 aromatic rings. The highest BCUT2D eigenvalue weighted by Gasteiger charge is 2.24. The van der Waals surface area contributed by atoms with Crippen LogP contribution in [-0.2, 0) is 9.59 Å². The van der Waals surface area contributed by atoms with Crippen LogP contribution in [0.3, 0.4) is 0 Å². The number of carbonyl (C=O) groups excluding carboxylic acids is 2. The molecule has 0 N–H and O–H groups in total. The van der Waals surface area contributed by atoms with Gasteiger partial charge < -0.3 is 19.4 Å². The maximum Gasteiger partial charge on any atom is 0.246 e. The van der Waals surface area contributed by atoms with Crippen molar-refractivity contribution < 1.29 is 18.7 Å². The molecule has 1 aromatic carbocycles. The van der Waals surface area contributed by atoms with E-state index in [0.29, 0.717) is 32.7 Å². The summed E-state index contributed by atoms with van der Waals surface area (Å²) in [6.07, 6.45) is 1.22. The number of nitrogens with zero attached hydrogens (tertiary/aromatic N) is 3. The molecule has 0 spiro atoms. The molecule has 0 atom stereocenters. The van der Waals surface area contributed by atoms with E-state index in [9.17, 15) is 14.0 Å². The van der Waals surface area contributed by atoms with Gasteiger partial charge in [-0.25, -0.2) is 4.39 Å². The Labute approximate surface area is 147 Å². The molecular weight excluding hydrogens is 325 g/mol. The molecule has 2 rings (SSSR count). The molecule has 0 bridgehead atoms. The van der Waals surface area contributed by atoms with Crippen LogP contribution >= 0.6 is 0 Å². The Kier molecular flexibility index (Phi) is 6.38. The SMILES string of the molecule is C=CC(=O)N(CC)CC(=O)N1CCN(c2ccc(F)c(OC)c2)CC1. The smallest absolute Gasteiger partial charge is 0.246 e. The van der Waals surface area contributed by atoms with Crippen molar-refractivity contribution >= 4 is 17.5 Å². The van der Waals surface area contributed by atoms with Gasteiger partial charge in [0.1, 0.15) is 0 Å². The predicted octanol–water partition coefficient (Wildman–Crippen LogP) is 1.52. The van der Waals surface area contributed by atoms with Crippen LogP contribution in [0.1, 0.15) is 6.92 Å². The van der Waals surface area contributed by atoms with Crippen molar-refractivity contribution in [3.63, 3.8) is 0 Å². The van der Waals surface area contributed by atoms with Gasteiger partial charge in [-0.05, 0) is 25.1 Å². The molecule has 1 fully saturated rings. The monoisotopic (exact) mass is 349 g/mol. The fourth-order valence-corrected chi connectivity index (χ4v) is 2.80. The van der Waals surface area contributed by atoms with Gasteiger partial charge in [-0.15, -0.1) is 0 Å². The molecule has 7 heteroatoms. The van der Waals surface area contributed by atoms with E-state index in [-0.39, 0.29) is 24.1 Å². The molecule has 1 aliphatic heterocycles. The number of methoxy groups -OCH3 is 1. The quantitative estimate of drug-likeness (QED) is 0.731. The third kappa shape index (κ3) is 4.49. The van der Waals surface area contributed by atoms with Crippen molar-refractivity contribution in [3.05, 3.63) is 36.7 Å². The summed E-state index contributed by atoms with van der Waals surface area (Å²) in [6.45, 7) is 8.20. The second-order valence-corrected chi connectivity index (χ2v) is 5.74. The number of halogens is 1. The largest absolute Gasteiger partial charge is 0.494 e. The molecule has 0 saturated carbocycles. The minimum Gasteiger partial charge on any atom is -0.494 e. The van der Waals surface area contributed by atoms with Crippen molar-refractivity contribution in [2.45, 2.75) is 6.92 Å². The van der Waals surface area contributed by atoms with Crippen molar-refractivity contribution in [2.24, 2.45) is 0 Å². The van der Waals surface area contributed by atoms with Gasteiger partial charge in [0.15, 0.2) is 11.6 Å². The minimum absolute atomic E-state index is 0.0612. The van der Waals surface area contributed by atoms with E-state index in [4.69, 9.17) is 4.74 Å². The summed E-state index contributed by atoms with van der Waals surface area (Å²) in [4.78, 5) is 29.4. The summed E-state index contributed by atoms with van der Waals surface area (Å²) in [7, 11) is 1.43. The van der Waals surface area contributed by atoms with E-state index in [1.807, 2.05) is 6.92 Å². The second-order valence-electron chi connectivity index (χ2n) is 5.74. The summed E-state index contributed by atoms with van der Waals surface area (Å²) >= 11 is 0. The van der Waals surface area contributed by atoms with Crippen molar-refractivity contribution in [1.82, 2.24) is 9.80 Å². The maximum absolute atomic E-state index is 13.5. The van der Waals surface area contributed by atoms with Gasteiger partial charge in [-0.3, -0.25) is 9.59 Å². The topological polar surface area (TPSA) is 53.1 Å². The molecule has 0 unspecified atom stereocenters. The van der Waals surface area contributed by atoms with E-state index < -0.39 is 5.82 Å². The summed E-state index contributed by atoms with van der Waals surface area (Å²) in [5.41, 5.74) is 0.863. The third-order valence-corrected chi connectivity index (χ3v) is 4.33. The van der Waals surface area contributed by atoms with Crippen molar-refractivity contribution in [1.29, 1.82) is 0 Å². The average molecular weight is 349 g/mol. The zero-order valence-corrected chi connectivity index (χ0v) is 14.7. The number of anilines is 1. The van der Waals surface area contributed by atoms with Crippen LogP contribution in [0.15, 0.2) is 30.9 Å². The van der Waals surface area contributed by atoms with E-state index in [0.717, 1.165) is 5.69 Å². The number of hydrogen-bond donors (Lipinski definition) is 0. The third-order valence-electron chi connectivity index (χ3n) is 4.33. The molecule has 1 saturated heterocycles. The molecule has 1 heterocycles. The van der Waals surface area contributed by atoms with Crippen LogP contribution in [0, 0.1) is 5.82 Å². The molecule has 25 heavy (non-hydrogen) atoms. The predicted molar refractivity (Wildman–Crippen MR) is 94.2 cm³/mol. The molecule has 0 aliphatic carbocycles. The number of piperazine rings is 1. The first-order valence-electron chi connectivity index (χ1n) is 8.27. The van der Waals surface area contributed by atoms with Gasteiger partial charge in [0, 0.05) is 44.5 Å². The lowest BCUT2D eigenvalue weighted by molar-refractivity contribution is -0.138. The van der Waals surface area contributed by atoms with Gasteiger partial charge in [-0.1, -0.05) is 6.58 Å². The summed E-state index contributed by atoms with van der Waals surface area (Å²) in [6, 6.07) is 4.75. The first-order chi connectivity index (χ1) is 12.0. The number of amides is 2. The summed E-state index contributed by atoms with van der Waals surface area (Å²) in [5, 5.41) is 0. The first kappa shape index (κ1) is 18.8.